The maximum Gasteiger partial charge on any atom is 0.127 e. The van der Waals surface area contributed by atoms with E-state index in [1.165, 1.54) is 4.88 Å². The maximum absolute atomic E-state index is 5.81. The van der Waals surface area contributed by atoms with E-state index < -0.39 is 0 Å². The van der Waals surface area contributed by atoms with Crippen LogP contribution in [0.15, 0.2) is 29.8 Å². The van der Waals surface area contributed by atoms with Gasteiger partial charge in [-0.1, -0.05) is 6.07 Å². The summed E-state index contributed by atoms with van der Waals surface area (Å²) in [6.45, 7) is 2.84. The topological polar surface area (TPSA) is 50.9 Å². The molecule has 0 aromatic carbocycles. The molecule has 2 heterocycles. The summed E-state index contributed by atoms with van der Waals surface area (Å²) in [6, 6.07) is 6.09. The molecule has 0 atom stereocenters. The average molecular weight is 233 g/mol. The van der Waals surface area contributed by atoms with Gasteiger partial charge in [0.15, 0.2) is 0 Å². The third-order valence-corrected chi connectivity index (χ3v) is 3.34. The summed E-state index contributed by atoms with van der Waals surface area (Å²) in [5.41, 5.74) is 7.61. The Labute approximate surface area is 99.3 Å². The quantitative estimate of drug-likeness (QED) is 0.853. The fraction of sp³-hybridized carbons (Fsp3) is 0.250. The van der Waals surface area contributed by atoms with Crippen molar-refractivity contribution < 1.29 is 0 Å². The van der Waals surface area contributed by atoms with Gasteiger partial charge in [0.1, 0.15) is 5.82 Å². The van der Waals surface area contributed by atoms with Gasteiger partial charge in [0.05, 0.1) is 0 Å². The molecule has 0 aliphatic heterocycles. The predicted molar refractivity (Wildman–Crippen MR) is 69.9 cm³/mol. The Morgan fingerprint density at radius 2 is 2.38 bits per heavy atom. The number of rotatable bonds is 4. The molecule has 0 radical (unpaired) electrons. The summed E-state index contributed by atoms with van der Waals surface area (Å²) in [5.74, 6) is 0.847. The Balaban J connectivity index is 1.87. The van der Waals surface area contributed by atoms with Crippen LogP contribution >= 0.6 is 11.3 Å². The van der Waals surface area contributed by atoms with Gasteiger partial charge in [0.2, 0.25) is 0 Å². The van der Waals surface area contributed by atoms with Gasteiger partial charge in [-0.05, 0) is 30.4 Å². The third-order valence-electron chi connectivity index (χ3n) is 2.40. The van der Waals surface area contributed by atoms with E-state index in [1.807, 2.05) is 13.0 Å². The molecule has 2 aromatic rings. The SMILES string of the molecule is Cc1cnc(NCCc2cccs2)cc1N. The lowest BCUT2D eigenvalue weighted by Crippen LogP contribution is -2.06. The number of hydrogen-bond donors (Lipinski definition) is 2. The van der Waals surface area contributed by atoms with Gasteiger partial charge in [-0.25, -0.2) is 4.98 Å². The first-order chi connectivity index (χ1) is 7.75. The van der Waals surface area contributed by atoms with Crippen molar-refractivity contribution >= 4 is 22.8 Å². The highest BCUT2D eigenvalue weighted by Gasteiger charge is 1.98. The zero-order valence-corrected chi connectivity index (χ0v) is 10.1. The zero-order valence-electron chi connectivity index (χ0n) is 9.23. The van der Waals surface area contributed by atoms with Crippen molar-refractivity contribution in [1.82, 2.24) is 4.98 Å². The van der Waals surface area contributed by atoms with Crippen molar-refractivity contribution in [3.8, 4) is 0 Å². The number of aryl methyl sites for hydroxylation is 1. The zero-order chi connectivity index (χ0) is 11.4. The summed E-state index contributed by atoms with van der Waals surface area (Å²) in [4.78, 5) is 5.65. The molecule has 84 valence electrons. The van der Waals surface area contributed by atoms with Gasteiger partial charge in [-0.15, -0.1) is 11.3 Å². The van der Waals surface area contributed by atoms with Crippen LogP contribution in [0.3, 0.4) is 0 Å². The molecule has 3 nitrogen and oxygen atoms in total. The minimum absolute atomic E-state index is 0.786. The van der Waals surface area contributed by atoms with Gasteiger partial charge in [0, 0.05) is 29.4 Å². The molecule has 0 fully saturated rings. The Kier molecular flexibility index (Phi) is 3.41. The molecule has 0 aliphatic rings. The number of nitrogens with zero attached hydrogens (tertiary/aromatic N) is 1. The van der Waals surface area contributed by atoms with Gasteiger partial charge in [-0.2, -0.15) is 0 Å². The van der Waals surface area contributed by atoms with E-state index >= 15 is 0 Å². The van der Waals surface area contributed by atoms with Gasteiger partial charge >= 0.3 is 0 Å². The molecule has 0 amide bonds. The van der Waals surface area contributed by atoms with Crippen LogP contribution in [-0.4, -0.2) is 11.5 Å². The van der Waals surface area contributed by atoms with E-state index in [0.717, 1.165) is 30.0 Å². The molecule has 0 spiro atoms. The normalized spacial score (nSPS) is 10.3. The second kappa shape index (κ2) is 4.99. The molecule has 0 saturated heterocycles. The van der Waals surface area contributed by atoms with Gasteiger partial charge < -0.3 is 11.1 Å². The van der Waals surface area contributed by atoms with Crippen LogP contribution in [-0.2, 0) is 6.42 Å². The van der Waals surface area contributed by atoms with E-state index in [-0.39, 0.29) is 0 Å². The van der Waals surface area contributed by atoms with Crippen molar-refractivity contribution in [2.75, 3.05) is 17.6 Å². The minimum atomic E-state index is 0.786. The number of thiophene rings is 1. The summed E-state index contributed by atoms with van der Waals surface area (Å²) in [6.07, 6.45) is 2.82. The largest absolute Gasteiger partial charge is 0.398 e. The highest BCUT2D eigenvalue weighted by Crippen LogP contribution is 2.14. The number of nitrogens with two attached hydrogens (primary N) is 1. The minimum Gasteiger partial charge on any atom is -0.398 e. The molecule has 2 aromatic heterocycles. The van der Waals surface area contributed by atoms with Crippen molar-refractivity contribution in [1.29, 1.82) is 0 Å². The first kappa shape index (κ1) is 11.0. The fourth-order valence-corrected chi connectivity index (χ4v) is 2.11. The first-order valence-electron chi connectivity index (χ1n) is 5.24. The van der Waals surface area contributed by atoms with Gasteiger partial charge in [0.25, 0.3) is 0 Å². The van der Waals surface area contributed by atoms with E-state index in [4.69, 9.17) is 5.73 Å². The Hall–Kier alpha value is -1.55. The van der Waals surface area contributed by atoms with E-state index in [9.17, 15) is 0 Å². The number of hydrogen-bond acceptors (Lipinski definition) is 4. The molecule has 2 rings (SSSR count). The second-order valence-corrected chi connectivity index (χ2v) is 4.71. The monoisotopic (exact) mass is 233 g/mol. The molecule has 3 N–H and O–H groups in total. The van der Waals surface area contributed by atoms with Crippen LogP contribution in [0.4, 0.5) is 11.5 Å². The lowest BCUT2D eigenvalue weighted by Gasteiger charge is -2.06. The van der Waals surface area contributed by atoms with Crippen molar-refractivity contribution in [3.05, 3.63) is 40.2 Å². The van der Waals surface area contributed by atoms with E-state index in [0.29, 0.717) is 0 Å². The summed E-state index contributed by atoms with van der Waals surface area (Å²) < 4.78 is 0. The summed E-state index contributed by atoms with van der Waals surface area (Å²) >= 11 is 1.78. The lowest BCUT2D eigenvalue weighted by molar-refractivity contribution is 1.03. The average Bonchev–Trinajstić information content (AvgIpc) is 2.76. The van der Waals surface area contributed by atoms with Gasteiger partial charge in [-0.3, -0.25) is 0 Å². The first-order valence-corrected chi connectivity index (χ1v) is 6.12. The molecule has 4 heteroatoms. The number of pyridine rings is 1. The molecular weight excluding hydrogens is 218 g/mol. The van der Waals surface area contributed by atoms with Crippen molar-refractivity contribution in [3.63, 3.8) is 0 Å². The van der Waals surface area contributed by atoms with E-state index in [2.05, 4.69) is 27.8 Å². The van der Waals surface area contributed by atoms with Crippen LogP contribution in [0.1, 0.15) is 10.4 Å². The molecule has 16 heavy (non-hydrogen) atoms. The Morgan fingerprint density at radius 3 is 3.06 bits per heavy atom. The number of nitrogen functional groups attached to an aromatic ring is 1. The number of aromatic nitrogens is 1. The molecule has 0 saturated carbocycles. The fourth-order valence-electron chi connectivity index (χ4n) is 1.40. The predicted octanol–water partition coefficient (Wildman–Crippen LogP) is 2.69. The standard InChI is InChI=1S/C12H15N3S/c1-9-8-15-12(7-11(9)13)14-5-4-10-3-2-6-16-10/h2-3,6-8H,4-5H2,1H3,(H3,13,14,15). The van der Waals surface area contributed by atoms with Crippen LogP contribution in [0.5, 0.6) is 0 Å². The molecule has 0 aliphatic carbocycles. The molecular formula is C12H15N3S. The van der Waals surface area contributed by atoms with Crippen LogP contribution in [0.25, 0.3) is 0 Å². The van der Waals surface area contributed by atoms with Crippen molar-refractivity contribution in [2.45, 2.75) is 13.3 Å². The van der Waals surface area contributed by atoms with Crippen LogP contribution in [0.2, 0.25) is 0 Å². The second-order valence-electron chi connectivity index (χ2n) is 3.68. The van der Waals surface area contributed by atoms with E-state index in [1.54, 1.807) is 17.5 Å². The smallest absolute Gasteiger partial charge is 0.127 e. The van der Waals surface area contributed by atoms with Crippen molar-refractivity contribution in [2.24, 2.45) is 0 Å². The number of anilines is 2. The van der Waals surface area contributed by atoms with Crippen LogP contribution < -0.4 is 11.1 Å². The molecule has 0 unspecified atom stereocenters. The molecule has 0 bridgehead atoms. The van der Waals surface area contributed by atoms with Crippen LogP contribution in [0, 0.1) is 6.92 Å². The maximum atomic E-state index is 5.81. The summed E-state index contributed by atoms with van der Waals surface area (Å²) in [7, 11) is 0. The Bertz CT molecular complexity index is 451. The highest BCUT2D eigenvalue weighted by atomic mass is 32.1. The highest BCUT2D eigenvalue weighted by molar-refractivity contribution is 7.09. The Morgan fingerprint density at radius 1 is 1.50 bits per heavy atom. The third kappa shape index (κ3) is 2.73. The number of nitrogens with one attached hydrogen (secondary N) is 1. The summed E-state index contributed by atoms with van der Waals surface area (Å²) in [5, 5.41) is 5.36. The lowest BCUT2D eigenvalue weighted by atomic mass is 10.2.